The molecule has 0 aliphatic rings. The average molecular weight is 629 g/mol. The van der Waals surface area contributed by atoms with Crippen LogP contribution >= 0.6 is 0 Å². The van der Waals surface area contributed by atoms with Crippen molar-refractivity contribution in [3.05, 3.63) is 0 Å². The molecule has 0 radical (unpaired) electrons. The lowest BCUT2D eigenvalue weighted by atomic mass is 9.91. The van der Waals surface area contributed by atoms with Gasteiger partial charge in [0.15, 0.2) is 0 Å². The summed E-state index contributed by atoms with van der Waals surface area (Å²) >= 11 is 0. The maximum atomic E-state index is 11.8. The minimum absolute atomic E-state index is 0.0128. The highest BCUT2D eigenvalue weighted by Gasteiger charge is 2.27. The lowest BCUT2D eigenvalue weighted by molar-refractivity contribution is -0.159. The van der Waals surface area contributed by atoms with Crippen LogP contribution in [0.3, 0.4) is 0 Å². The normalized spacial score (nSPS) is 11.3. The van der Waals surface area contributed by atoms with Crippen molar-refractivity contribution in [1.29, 1.82) is 0 Å². The Bertz CT molecular complexity index is 744. The van der Waals surface area contributed by atoms with Gasteiger partial charge in [0, 0.05) is 0 Å². The lowest BCUT2D eigenvalue weighted by Gasteiger charge is -2.20. The number of hydrogen-bond donors (Lipinski definition) is 1. The third kappa shape index (κ3) is 27.4. The fourth-order valence-electron chi connectivity index (χ4n) is 4.07. The number of hydrogen-bond acceptors (Lipinski definition) is 7. The highest BCUT2D eigenvalue weighted by Crippen LogP contribution is 2.22. The highest BCUT2D eigenvalue weighted by atomic mass is 16.6. The van der Waals surface area contributed by atoms with Gasteiger partial charge in [0.05, 0.1) is 30.3 Å². The molecule has 0 aliphatic heterocycles. The highest BCUT2D eigenvalue weighted by molar-refractivity contribution is 5.77. The third-order valence-corrected chi connectivity index (χ3v) is 8.23. The minimum atomic E-state index is -1.05. The number of rotatable bonds is 27. The molecule has 0 fully saturated rings. The van der Waals surface area contributed by atoms with Crippen molar-refractivity contribution in [2.75, 3.05) is 19.8 Å². The van der Waals surface area contributed by atoms with Gasteiger partial charge < -0.3 is 19.3 Å². The maximum absolute atomic E-state index is 11.8. The van der Waals surface area contributed by atoms with Crippen LogP contribution in [-0.4, -0.2) is 48.8 Å². The smallest absolute Gasteiger partial charge is 0.311 e. The number of carboxylic acid groups (broad SMARTS) is 1. The molecule has 0 heterocycles. The number of aliphatic carboxylic acids is 1. The second-order valence-corrected chi connectivity index (χ2v) is 13.2. The van der Waals surface area contributed by atoms with Crippen molar-refractivity contribution in [3.8, 4) is 0 Å². The molecule has 0 aromatic carbocycles. The number of unbranched alkanes of at least 4 members (excludes halogenated alkanes) is 15. The van der Waals surface area contributed by atoms with Crippen molar-refractivity contribution < 1.29 is 38.5 Å². The molecule has 0 saturated heterocycles. The number of carbonyl (C=O) groups is 4. The molecule has 8 heteroatoms. The number of carbonyl (C=O) groups excluding carboxylic acids is 3. The van der Waals surface area contributed by atoms with Gasteiger partial charge in [-0.05, 0) is 47.0 Å². The fourth-order valence-corrected chi connectivity index (χ4v) is 4.07. The molecule has 0 spiro atoms. The van der Waals surface area contributed by atoms with Gasteiger partial charge in [-0.1, -0.05) is 117 Å². The summed E-state index contributed by atoms with van der Waals surface area (Å²) in [7, 11) is 0. The van der Waals surface area contributed by atoms with E-state index in [9.17, 15) is 19.2 Å². The van der Waals surface area contributed by atoms with E-state index < -0.39 is 17.4 Å². The van der Waals surface area contributed by atoms with E-state index in [0.717, 1.165) is 12.8 Å². The van der Waals surface area contributed by atoms with Crippen LogP contribution in [0.15, 0.2) is 0 Å². The van der Waals surface area contributed by atoms with Gasteiger partial charge in [0.2, 0.25) is 0 Å². The molecule has 0 bridgehead atoms. The molecule has 8 nitrogen and oxygen atoms in total. The molecule has 0 atom stereocenters. The predicted molar refractivity (Wildman–Crippen MR) is 177 cm³/mol. The van der Waals surface area contributed by atoms with E-state index in [4.69, 9.17) is 19.3 Å². The van der Waals surface area contributed by atoms with E-state index in [2.05, 4.69) is 6.92 Å². The first-order chi connectivity index (χ1) is 20.8. The van der Waals surface area contributed by atoms with E-state index in [1.807, 2.05) is 27.7 Å². The minimum Gasteiger partial charge on any atom is -0.481 e. The van der Waals surface area contributed by atoms with Gasteiger partial charge in [-0.3, -0.25) is 19.2 Å². The van der Waals surface area contributed by atoms with Crippen LogP contribution in [0, 0.1) is 10.8 Å². The Hall–Kier alpha value is -2.12. The van der Waals surface area contributed by atoms with E-state index in [0.29, 0.717) is 13.0 Å². The Morgan fingerprint density at radius 1 is 0.477 bits per heavy atom. The van der Waals surface area contributed by atoms with Crippen molar-refractivity contribution in [2.24, 2.45) is 10.8 Å². The summed E-state index contributed by atoms with van der Waals surface area (Å²) in [5.74, 6) is -2.04. The van der Waals surface area contributed by atoms with Crippen LogP contribution in [0.2, 0.25) is 0 Å². The zero-order chi connectivity index (χ0) is 33.7. The van der Waals surface area contributed by atoms with Gasteiger partial charge >= 0.3 is 23.9 Å². The Labute approximate surface area is 269 Å². The zero-order valence-electron chi connectivity index (χ0n) is 29.6. The lowest BCUT2D eigenvalue weighted by Crippen LogP contribution is -2.27. The first-order valence-corrected chi connectivity index (χ1v) is 17.6. The first kappa shape index (κ1) is 44.0. The van der Waals surface area contributed by atoms with E-state index in [1.54, 1.807) is 13.8 Å². The quantitative estimate of drug-likeness (QED) is 0.0543. The number of carboxylic acids is 1. The topological polar surface area (TPSA) is 116 Å². The standard InChI is InChI=1S/C24H48O2.C12H20O6/c1-5-7-8-9-10-11-12-13-14-15-16-17-18-19-20-21-22-26-23(25)24(3,4)6-2;1-4-12(2,3)11(16)18-8-7-17-10(15)6-5-9(13)14/h5-22H2,1-4H3;4-8H2,1-3H3,(H,13,14). The SMILES string of the molecule is CCC(C)(C)C(=O)OCCOC(=O)CCC(=O)O.CCCCCCCCCCCCCCCCCCOC(=O)C(C)(C)CC. The van der Waals surface area contributed by atoms with Gasteiger partial charge in [0.1, 0.15) is 13.2 Å². The molecule has 1 N–H and O–H groups in total. The second-order valence-electron chi connectivity index (χ2n) is 13.2. The zero-order valence-corrected chi connectivity index (χ0v) is 29.6. The molecule has 44 heavy (non-hydrogen) atoms. The molecular formula is C36H68O8. The average Bonchev–Trinajstić information content (AvgIpc) is 2.99. The number of ether oxygens (including phenoxy) is 3. The van der Waals surface area contributed by atoms with E-state index in [1.165, 1.54) is 96.3 Å². The molecule has 0 rings (SSSR count). The van der Waals surface area contributed by atoms with Crippen molar-refractivity contribution in [1.82, 2.24) is 0 Å². The Kier molecular flexibility index (Phi) is 28.4. The summed E-state index contributed by atoms with van der Waals surface area (Å²) in [4.78, 5) is 44.6. The molecule has 0 aromatic rings. The van der Waals surface area contributed by atoms with E-state index in [-0.39, 0.29) is 43.4 Å². The monoisotopic (exact) mass is 628 g/mol. The Balaban J connectivity index is 0. The first-order valence-electron chi connectivity index (χ1n) is 17.6. The maximum Gasteiger partial charge on any atom is 0.311 e. The van der Waals surface area contributed by atoms with Gasteiger partial charge in [-0.2, -0.15) is 0 Å². The molecule has 0 aliphatic carbocycles. The second kappa shape index (κ2) is 28.4. The summed E-state index contributed by atoms with van der Waals surface area (Å²) in [6.45, 7) is 14.2. The Morgan fingerprint density at radius 3 is 1.18 bits per heavy atom. The van der Waals surface area contributed by atoms with Crippen LogP contribution in [0.5, 0.6) is 0 Å². The number of esters is 3. The van der Waals surface area contributed by atoms with Gasteiger partial charge in [0.25, 0.3) is 0 Å². The predicted octanol–water partition coefficient (Wildman–Crippen LogP) is 9.60. The largest absolute Gasteiger partial charge is 0.481 e. The molecular weight excluding hydrogens is 560 g/mol. The van der Waals surface area contributed by atoms with Crippen LogP contribution in [0.4, 0.5) is 0 Å². The van der Waals surface area contributed by atoms with Crippen LogP contribution in [0.1, 0.15) is 177 Å². The molecule has 0 saturated carbocycles. The van der Waals surface area contributed by atoms with E-state index >= 15 is 0 Å². The van der Waals surface area contributed by atoms with Gasteiger partial charge in [-0.15, -0.1) is 0 Å². The molecule has 260 valence electrons. The third-order valence-electron chi connectivity index (χ3n) is 8.23. The van der Waals surface area contributed by atoms with Crippen LogP contribution < -0.4 is 0 Å². The molecule has 0 aromatic heterocycles. The van der Waals surface area contributed by atoms with Crippen molar-refractivity contribution in [3.63, 3.8) is 0 Å². The van der Waals surface area contributed by atoms with Crippen molar-refractivity contribution >= 4 is 23.9 Å². The molecule has 0 unspecified atom stereocenters. The molecule has 0 amide bonds. The van der Waals surface area contributed by atoms with Crippen molar-refractivity contribution in [2.45, 2.75) is 177 Å². The summed E-state index contributed by atoms with van der Waals surface area (Å²) in [5.41, 5.74) is -0.873. The summed E-state index contributed by atoms with van der Waals surface area (Å²) in [5, 5.41) is 8.35. The summed E-state index contributed by atoms with van der Waals surface area (Å²) in [6, 6.07) is 0. The summed E-state index contributed by atoms with van der Waals surface area (Å²) in [6.07, 6.45) is 22.9. The summed E-state index contributed by atoms with van der Waals surface area (Å²) < 4.78 is 15.0. The van der Waals surface area contributed by atoms with Crippen LogP contribution in [0.25, 0.3) is 0 Å². The Morgan fingerprint density at radius 2 is 0.818 bits per heavy atom. The van der Waals surface area contributed by atoms with Gasteiger partial charge in [-0.25, -0.2) is 0 Å². The fraction of sp³-hybridized carbons (Fsp3) is 0.889. The van der Waals surface area contributed by atoms with Crippen LogP contribution in [-0.2, 0) is 33.4 Å².